The van der Waals surface area contributed by atoms with Gasteiger partial charge in [0.25, 0.3) is 0 Å². The highest BCUT2D eigenvalue weighted by molar-refractivity contribution is 9.10. The fourth-order valence-electron chi connectivity index (χ4n) is 4.29. The molecule has 0 aliphatic heterocycles. The smallest absolute Gasteiger partial charge is 0.201 e. The maximum Gasteiger partial charge on any atom is 0.201 e. The molecule has 0 saturated heterocycles. The largest absolute Gasteiger partial charge is 0.263 e. The predicted molar refractivity (Wildman–Crippen MR) is 116 cm³/mol. The number of halogens is 1. The number of thiophene rings is 1. The van der Waals surface area contributed by atoms with Crippen LogP contribution in [0.15, 0.2) is 17.0 Å². The summed E-state index contributed by atoms with van der Waals surface area (Å²) in [6.45, 7) is 7.12. The summed E-state index contributed by atoms with van der Waals surface area (Å²) in [6.07, 6.45) is 8.26. The standard InChI is InChI=1S/C20H23BrN6S/c1-5-20(2,3)11-6-7-12-14(8-11)28-19-15(12)18-24-17(25-27(18)10-22-19)16-13(21)9-23-26(16)4/h9-11H,5-8H2,1-4H3/t11-/m0/s1. The molecule has 1 aliphatic carbocycles. The zero-order valence-corrected chi connectivity index (χ0v) is 18.9. The zero-order chi connectivity index (χ0) is 19.6. The lowest BCUT2D eigenvalue weighted by Crippen LogP contribution is -2.28. The molecule has 0 N–H and O–H groups in total. The van der Waals surface area contributed by atoms with Gasteiger partial charge in [-0.2, -0.15) is 5.10 Å². The Kier molecular flexibility index (Phi) is 4.14. The number of hydrogen-bond donors (Lipinski definition) is 0. The quantitative estimate of drug-likeness (QED) is 0.431. The Balaban J connectivity index is 1.66. The second kappa shape index (κ2) is 6.35. The molecule has 1 atom stereocenters. The molecule has 0 radical (unpaired) electrons. The molecule has 8 heteroatoms. The van der Waals surface area contributed by atoms with Gasteiger partial charge >= 0.3 is 0 Å². The second-order valence-corrected chi connectivity index (χ2v) is 10.3. The second-order valence-electron chi connectivity index (χ2n) is 8.38. The van der Waals surface area contributed by atoms with E-state index in [4.69, 9.17) is 9.97 Å². The monoisotopic (exact) mass is 458 g/mol. The van der Waals surface area contributed by atoms with E-state index in [1.54, 1.807) is 17.2 Å². The molecule has 0 aromatic carbocycles. The third-order valence-corrected chi connectivity index (χ3v) is 8.25. The van der Waals surface area contributed by atoms with Crippen LogP contribution in [0.5, 0.6) is 0 Å². The van der Waals surface area contributed by atoms with Crippen LogP contribution in [0.4, 0.5) is 0 Å². The molecule has 0 saturated carbocycles. The van der Waals surface area contributed by atoms with Crippen molar-refractivity contribution in [2.24, 2.45) is 18.4 Å². The van der Waals surface area contributed by atoms with Crippen molar-refractivity contribution >= 4 is 43.1 Å². The summed E-state index contributed by atoms with van der Waals surface area (Å²) in [7, 11) is 1.90. The first-order valence-electron chi connectivity index (χ1n) is 9.72. The first-order chi connectivity index (χ1) is 13.4. The lowest BCUT2D eigenvalue weighted by Gasteiger charge is -2.36. The van der Waals surface area contributed by atoms with Crippen molar-refractivity contribution in [3.05, 3.63) is 27.4 Å². The van der Waals surface area contributed by atoms with E-state index in [0.717, 1.165) is 39.4 Å². The highest BCUT2D eigenvalue weighted by Crippen LogP contribution is 2.45. The molecule has 4 aromatic rings. The summed E-state index contributed by atoms with van der Waals surface area (Å²) in [6, 6.07) is 0. The number of rotatable bonds is 3. The summed E-state index contributed by atoms with van der Waals surface area (Å²) in [5.74, 6) is 1.40. The van der Waals surface area contributed by atoms with Crippen LogP contribution >= 0.6 is 27.3 Å². The maximum atomic E-state index is 4.90. The third kappa shape index (κ3) is 2.64. The van der Waals surface area contributed by atoms with E-state index >= 15 is 0 Å². The molecule has 0 spiro atoms. The Morgan fingerprint density at radius 2 is 2.18 bits per heavy atom. The van der Waals surface area contributed by atoms with Gasteiger partial charge in [-0.25, -0.2) is 14.5 Å². The van der Waals surface area contributed by atoms with Crippen LogP contribution in [0.1, 0.15) is 44.1 Å². The average Bonchev–Trinajstić information content (AvgIpc) is 3.34. The molecule has 1 aliphatic rings. The normalized spacial score (nSPS) is 17.5. The van der Waals surface area contributed by atoms with Crippen molar-refractivity contribution in [2.75, 3.05) is 0 Å². The van der Waals surface area contributed by atoms with Gasteiger partial charge in [-0.3, -0.25) is 4.68 Å². The minimum absolute atomic E-state index is 0.379. The van der Waals surface area contributed by atoms with Gasteiger partial charge < -0.3 is 0 Å². The first kappa shape index (κ1) is 18.2. The van der Waals surface area contributed by atoms with Crippen LogP contribution in [0, 0.1) is 11.3 Å². The zero-order valence-electron chi connectivity index (χ0n) is 16.5. The van der Waals surface area contributed by atoms with Crippen LogP contribution in [-0.2, 0) is 19.9 Å². The molecule has 0 bridgehead atoms. The number of hydrogen-bond acceptors (Lipinski definition) is 5. The van der Waals surface area contributed by atoms with Gasteiger partial charge in [0.2, 0.25) is 5.82 Å². The SMILES string of the molecule is CCC(C)(C)[C@H]1CCc2c(sc3ncn4nc(-c5c(Br)cnn5C)nc4c23)C1. The van der Waals surface area contributed by atoms with Crippen LogP contribution in [0.25, 0.3) is 27.4 Å². The molecule has 146 valence electrons. The minimum Gasteiger partial charge on any atom is -0.263 e. The Morgan fingerprint density at radius 1 is 1.36 bits per heavy atom. The summed E-state index contributed by atoms with van der Waals surface area (Å²) < 4.78 is 4.50. The van der Waals surface area contributed by atoms with E-state index in [-0.39, 0.29) is 0 Å². The van der Waals surface area contributed by atoms with Gasteiger partial charge in [0.05, 0.1) is 16.1 Å². The van der Waals surface area contributed by atoms with Gasteiger partial charge in [-0.05, 0) is 52.1 Å². The third-order valence-electron chi connectivity index (χ3n) is 6.51. The number of nitrogens with zero attached hydrogens (tertiary/aromatic N) is 6. The van der Waals surface area contributed by atoms with E-state index in [1.165, 1.54) is 28.7 Å². The van der Waals surface area contributed by atoms with Crippen LogP contribution < -0.4 is 0 Å². The lowest BCUT2D eigenvalue weighted by atomic mass is 9.70. The Morgan fingerprint density at radius 3 is 2.89 bits per heavy atom. The molecule has 0 amide bonds. The Labute approximate surface area is 176 Å². The summed E-state index contributed by atoms with van der Waals surface area (Å²) in [5, 5.41) is 10.2. The Hall–Kier alpha value is -1.80. The van der Waals surface area contributed by atoms with E-state index in [0.29, 0.717) is 11.2 Å². The van der Waals surface area contributed by atoms with Gasteiger partial charge in [0.1, 0.15) is 16.9 Å². The Bertz CT molecular complexity index is 1180. The van der Waals surface area contributed by atoms with Crippen LogP contribution in [0.2, 0.25) is 0 Å². The molecule has 4 aromatic heterocycles. The van der Waals surface area contributed by atoms with Crippen LogP contribution in [-0.4, -0.2) is 29.4 Å². The molecule has 28 heavy (non-hydrogen) atoms. The summed E-state index contributed by atoms with van der Waals surface area (Å²) >= 11 is 5.40. The topological polar surface area (TPSA) is 60.9 Å². The van der Waals surface area contributed by atoms with Gasteiger partial charge in [-0.15, -0.1) is 16.4 Å². The van der Waals surface area contributed by atoms with E-state index in [1.807, 2.05) is 22.9 Å². The fourth-order valence-corrected chi connectivity index (χ4v) is 6.08. The molecular formula is C20H23BrN6S. The van der Waals surface area contributed by atoms with Gasteiger partial charge in [0.15, 0.2) is 5.65 Å². The molecule has 0 fully saturated rings. The van der Waals surface area contributed by atoms with Gasteiger partial charge in [0, 0.05) is 11.9 Å². The lowest BCUT2D eigenvalue weighted by molar-refractivity contribution is 0.184. The maximum absolute atomic E-state index is 4.90. The molecule has 4 heterocycles. The number of aryl methyl sites for hydroxylation is 2. The van der Waals surface area contributed by atoms with E-state index in [2.05, 4.69) is 46.9 Å². The summed E-state index contributed by atoms with van der Waals surface area (Å²) in [5.41, 5.74) is 3.60. The molecular weight excluding hydrogens is 436 g/mol. The number of aromatic nitrogens is 6. The average molecular weight is 459 g/mol. The van der Waals surface area contributed by atoms with Crippen molar-refractivity contribution in [1.82, 2.24) is 29.4 Å². The highest BCUT2D eigenvalue weighted by atomic mass is 79.9. The molecule has 6 nitrogen and oxygen atoms in total. The highest BCUT2D eigenvalue weighted by Gasteiger charge is 2.33. The van der Waals surface area contributed by atoms with Crippen molar-refractivity contribution in [3.63, 3.8) is 0 Å². The van der Waals surface area contributed by atoms with Crippen molar-refractivity contribution < 1.29 is 0 Å². The fraction of sp³-hybridized carbons (Fsp3) is 0.500. The molecule has 0 unspecified atom stereocenters. The molecule has 5 rings (SSSR count). The van der Waals surface area contributed by atoms with E-state index < -0.39 is 0 Å². The van der Waals surface area contributed by atoms with Crippen LogP contribution in [0.3, 0.4) is 0 Å². The van der Waals surface area contributed by atoms with Crippen molar-refractivity contribution in [3.8, 4) is 11.5 Å². The number of fused-ring (bicyclic) bond motifs is 5. The first-order valence-corrected chi connectivity index (χ1v) is 11.3. The van der Waals surface area contributed by atoms with E-state index in [9.17, 15) is 0 Å². The summed E-state index contributed by atoms with van der Waals surface area (Å²) in [4.78, 5) is 12.2. The minimum atomic E-state index is 0.379. The van der Waals surface area contributed by atoms with Crippen molar-refractivity contribution in [2.45, 2.75) is 46.5 Å². The van der Waals surface area contributed by atoms with Crippen molar-refractivity contribution in [1.29, 1.82) is 0 Å². The van der Waals surface area contributed by atoms with Gasteiger partial charge in [-0.1, -0.05) is 27.2 Å². The predicted octanol–water partition coefficient (Wildman–Crippen LogP) is 5.04.